The minimum Gasteiger partial charge on any atom is -0.383 e. The molecule has 0 saturated carbocycles. The number of halogens is 3. The maximum absolute atomic E-state index is 12.3. The van der Waals surface area contributed by atoms with Crippen LogP contribution in [0.5, 0.6) is 0 Å². The topological polar surface area (TPSA) is 34.1 Å². The second-order valence-corrected chi connectivity index (χ2v) is 3.68. The Bertz CT molecular complexity index is 338. The lowest BCUT2D eigenvalue weighted by molar-refractivity contribution is -0.137. The molecule has 1 atom stereocenters. The first-order valence-electron chi connectivity index (χ1n) is 5.15. The molecule has 0 aliphatic rings. The third kappa shape index (κ3) is 4.32. The van der Waals surface area contributed by atoms with Gasteiger partial charge in [0.1, 0.15) is 0 Å². The van der Waals surface area contributed by atoms with Crippen LogP contribution in [0, 0.1) is 0 Å². The smallest absolute Gasteiger partial charge is 0.383 e. The van der Waals surface area contributed by atoms with Crippen LogP contribution in [-0.4, -0.2) is 31.8 Å². The van der Waals surface area contributed by atoms with Crippen LogP contribution in [0.3, 0.4) is 0 Å². The molecular weight excluding hydrogens is 233 g/mol. The van der Waals surface area contributed by atoms with Crippen LogP contribution in [0.25, 0.3) is 0 Å². The summed E-state index contributed by atoms with van der Waals surface area (Å²) in [7, 11) is 3.35. The molecule has 1 aromatic rings. The summed E-state index contributed by atoms with van der Waals surface area (Å²) in [4.78, 5) is 3.80. The van der Waals surface area contributed by atoms with E-state index in [1.54, 1.807) is 14.2 Å². The Hall–Kier alpha value is -1.14. The van der Waals surface area contributed by atoms with E-state index in [0.717, 1.165) is 12.3 Å². The summed E-state index contributed by atoms with van der Waals surface area (Å²) < 4.78 is 41.9. The molecule has 0 spiro atoms. The predicted molar refractivity (Wildman–Crippen MR) is 57.7 cm³/mol. The quantitative estimate of drug-likeness (QED) is 0.863. The molecule has 0 saturated heterocycles. The highest BCUT2D eigenvalue weighted by molar-refractivity contribution is 5.17. The van der Waals surface area contributed by atoms with E-state index < -0.39 is 11.7 Å². The van der Waals surface area contributed by atoms with Gasteiger partial charge in [-0.15, -0.1) is 0 Å². The fourth-order valence-corrected chi connectivity index (χ4v) is 1.41. The Morgan fingerprint density at radius 1 is 1.41 bits per heavy atom. The number of alkyl halides is 3. The highest BCUT2D eigenvalue weighted by Crippen LogP contribution is 2.28. The third-order valence-corrected chi connectivity index (χ3v) is 2.38. The second-order valence-electron chi connectivity index (χ2n) is 3.68. The van der Waals surface area contributed by atoms with Crippen molar-refractivity contribution in [3.8, 4) is 0 Å². The molecule has 0 bridgehead atoms. The van der Waals surface area contributed by atoms with Gasteiger partial charge in [-0.1, -0.05) is 0 Å². The summed E-state index contributed by atoms with van der Waals surface area (Å²) in [5, 5.41) is 3.01. The van der Waals surface area contributed by atoms with Crippen molar-refractivity contribution < 1.29 is 17.9 Å². The number of methoxy groups -OCH3 is 1. The number of hydrogen-bond donors (Lipinski definition) is 1. The zero-order valence-electron chi connectivity index (χ0n) is 9.71. The molecule has 0 radical (unpaired) electrons. The van der Waals surface area contributed by atoms with Gasteiger partial charge in [0, 0.05) is 31.5 Å². The molecule has 0 aliphatic heterocycles. The molecule has 0 aromatic carbocycles. The van der Waals surface area contributed by atoms with Crippen molar-refractivity contribution in [3.63, 3.8) is 0 Å². The van der Waals surface area contributed by atoms with Gasteiger partial charge < -0.3 is 10.1 Å². The van der Waals surface area contributed by atoms with Crippen molar-refractivity contribution in [3.05, 3.63) is 29.6 Å². The highest BCUT2D eigenvalue weighted by atomic mass is 19.4. The SMILES string of the molecule is CNC(COC)Cc1ccc(C(F)(F)F)cn1. The van der Waals surface area contributed by atoms with E-state index in [-0.39, 0.29) is 6.04 Å². The molecule has 1 aromatic heterocycles. The zero-order chi connectivity index (χ0) is 12.9. The summed E-state index contributed by atoms with van der Waals surface area (Å²) in [6, 6.07) is 2.48. The third-order valence-electron chi connectivity index (χ3n) is 2.38. The van der Waals surface area contributed by atoms with Gasteiger partial charge in [-0.2, -0.15) is 13.2 Å². The number of aromatic nitrogens is 1. The van der Waals surface area contributed by atoms with E-state index >= 15 is 0 Å². The second kappa shape index (κ2) is 5.97. The van der Waals surface area contributed by atoms with Gasteiger partial charge in [0.15, 0.2) is 0 Å². The Balaban J connectivity index is 2.68. The summed E-state index contributed by atoms with van der Waals surface area (Å²) in [5.74, 6) is 0. The summed E-state index contributed by atoms with van der Waals surface area (Å²) >= 11 is 0. The minimum atomic E-state index is -4.33. The molecule has 0 fully saturated rings. The Morgan fingerprint density at radius 2 is 2.12 bits per heavy atom. The van der Waals surface area contributed by atoms with Gasteiger partial charge in [-0.3, -0.25) is 4.98 Å². The molecule has 1 N–H and O–H groups in total. The van der Waals surface area contributed by atoms with Crippen LogP contribution in [-0.2, 0) is 17.3 Å². The minimum absolute atomic E-state index is 0.0456. The van der Waals surface area contributed by atoms with E-state index in [9.17, 15) is 13.2 Å². The standard InChI is InChI=1S/C11H15F3N2O/c1-15-10(7-17-2)5-9-4-3-8(6-16-9)11(12,13)14/h3-4,6,10,15H,5,7H2,1-2H3. The fourth-order valence-electron chi connectivity index (χ4n) is 1.41. The maximum Gasteiger partial charge on any atom is 0.417 e. The van der Waals surface area contributed by atoms with E-state index in [1.165, 1.54) is 6.07 Å². The van der Waals surface area contributed by atoms with E-state index in [0.29, 0.717) is 18.7 Å². The average Bonchev–Trinajstić information content (AvgIpc) is 2.28. The van der Waals surface area contributed by atoms with Crippen LogP contribution in [0.2, 0.25) is 0 Å². The molecule has 1 unspecified atom stereocenters. The number of pyridine rings is 1. The summed E-state index contributed by atoms with van der Waals surface area (Å²) in [5.41, 5.74) is -0.122. The highest BCUT2D eigenvalue weighted by Gasteiger charge is 2.30. The van der Waals surface area contributed by atoms with Crippen molar-refractivity contribution >= 4 is 0 Å². The number of hydrogen-bond acceptors (Lipinski definition) is 3. The zero-order valence-corrected chi connectivity index (χ0v) is 9.71. The Labute approximate surface area is 98.0 Å². The van der Waals surface area contributed by atoms with Crippen LogP contribution in [0.1, 0.15) is 11.3 Å². The number of rotatable bonds is 5. The van der Waals surface area contributed by atoms with Gasteiger partial charge in [0.2, 0.25) is 0 Å². The maximum atomic E-state index is 12.3. The number of nitrogens with zero attached hydrogens (tertiary/aromatic N) is 1. The molecule has 17 heavy (non-hydrogen) atoms. The Morgan fingerprint density at radius 3 is 2.53 bits per heavy atom. The van der Waals surface area contributed by atoms with Crippen molar-refractivity contribution in [1.29, 1.82) is 0 Å². The van der Waals surface area contributed by atoms with Gasteiger partial charge >= 0.3 is 6.18 Å². The van der Waals surface area contributed by atoms with E-state index in [4.69, 9.17) is 4.74 Å². The first kappa shape index (κ1) is 13.9. The molecule has 6 heteroatoms. The van der Waals surface area contributed by atoms with Gasteiger partial charge in [-0.25, -0.2) is 0 Å². The van der Waals surface area contributed by atoms with E-state index in [1.807, 2.05) is 0 Å². The first-order chi connectivity index (χ1) is 7.97. The van der Waals surface area contributed by atoms with Crippen LogP contribution >= 0.6 is 0 Å². The lowest BCUT2D eigenvalue weighted by atomic mass is 10.1. The normalized spacial score (nSPS) is 13.7. The number of ether oxygens (including phenoxy) is 1. The number of likely N-dealkylation sites (N-methyl/N-ethyl adjacent to an activating group) is 1. The van der Waals surface area contributed by atoms with Crippen LogP contribution in [0.4, 0.5) is 13.2 Å². The molecular formula is C11H15F3N2O. The van der Waals surface area contributed by atoms with Crippen molar-refractivity contribution in [2.75, 3.05) is 20.8 Å². The van der Waals surface area contributed by atoms with E-state index in [2.05, 4.69) is 10.3 Å². The first-order valence-corrected chi connectivity index (χ1v) is 5.15. The largest absolute Gasteiger partial charge is 0.417 e. The predicted octanol–water partition coefficient (Wildman–Crippen LogP) is 1.88. The van der Waals surface area contributed by atoms with Crippen molar-refractivity contribution in [1.82, 2.24) is 10.3 Å². The Kier molecular flexibility index (Phi) is 4.89. The van der Waals surface area contributed by atoms with Gasteiger partial charge in [0.25, 0.3) is 0 Å². The summed E-state index contributed by atoms with van der Waals surface area (Å²) in [6.07, 6.45) is -2.95. The molecule has 1 rings (SSSR count). The monoisotopic (exact) mass is 248 g/mol. The molecule has 96 valence electrons. The number of nitrogens with one attached hydrogen (secondary N) is 1. The molecule has 1 heterocycles. The lowest BCUT2D eigenvalue weighted by Gasteiger charge is -2.14. The van der Waals surface area contributed by atoms with Gasteiger partial charge in [-0.05, 0) is 19.2 Å². The lowest BCUT2D eigenvalue weighted by Crippen LogP contribution is -2.32. The average molecular weight is 248 g/mol. The van der Waals surface area contributed by atoms with Crippen molar-refractivity contribution in [2.24, 2.45) is 0 Å². The van der Waals surface area contributed by atoms with Crippen molar-refractivity contribution in [2.45, 2.75) is 18.6 Å². The van der Waals surface area contributed by atoms with Crippen LogP contribution in [0.15, 0.2) is 18.3 Å². The molecule has 0 aliphatic carbocycles. The molecule has 3 nitrogen and oxygen atoms in total. The summed E-state index contributed by atoms with van der Waals surface area (Å²) in [6.45, 7) is 0.485. The molecule has 0 amide bonds. The van der Waals surface area contributed by atoms with Crippen LogP contribution < -0.4 is 5.32 Å². The fraction of sp³-hybridized carbons (Fsp3) is 0.545. The van der Waals surface area contributed by atoms with Gasteiger partial charge in [0.05, 0.1) is 12.2 Å².